The molecule has 150 valence electrons. The van der Waals surface area contributed by atoms with E-state index in [0.717, 1.165) is 11.5 Å². The average molecular weight is 414 g/mol. The van der Waals surface area contributed by atoms with Crippen LogP contribution in [0.4, 0.5) is 0 Å². The van der Waals surface area contributed by atoms with Crippen molar-refractivity contribution in [2.24, 2.45) is 0 Å². The highest BCUT2D eigenvalue weighted by molar-refractivity contribution is 7.69. The molecule has 28 heavy (non-hydrogen) atoms. The van der Waals surface area contributed by atoms with Gasteiger partial charge in [0.05, 0.1) is 0 Å². The molecule has 0 saturated heterocycles. The molecule has 2 nitrogen and oxygen atoms in total. The first kappa shape index (κ1) is 20.2. The lowest BCUT2D eigenvalue weighted by Gasteiger charge is -2.33. The van der Waals surface area contributed by atoms with Crippen LogP contribution in [0.1, 0.15) is 55.4 Å². The molecular formula is C24H32O2P2. The Bertz CT molecular complexity index is 832. The first-order valence-corrected chi connectivity index (χ1v) is 13.0. The summed E-state index contributed by atoms with van der Waals surface area (Å²) in [6.45, 7) is 18.6. The van der Waals surface area contributed by atoms with E-state index in [0.29, 0.717) is 0 Å². The fourth-order valence-corrected chi connectivity index (χ4v) is 11.1. The fraction of sp³-hybridized carbons (Fsp3) is 0.500. The number of rotatable bonds is 1. The highest BCUT2D eigenvalue weighted by Gasteiger charge is 2.44. The number of ether oxygens (including phenoxy) is 2. The third-order valence-corrected chi connectivity index (χ3v) is 12.0. The van der Waals surface area contributed by atoms with Crippen LogP contribution in [0.3, 0.4) is 0 Å². The minimum Gasteiger partial charge on any atom is -0.485 e. The molecule has 0 amide bonds. The van der Waals surface area contributed by atoms with Gasteiger partial charge in [0.15, 0.2) is 0 Å². The zero-order chi connectivity index (χ0) is 20.4. The molecule has 2 heterocycles. The number of fused-ring (bicyclic) bond motifs is 2. The van der Waals surface area contributed by atoms with Crippen molar-refractivity contribution in [2.75, 3.05) is 0 Å². The Morgan fingerprint density at radius 2 is 1.00 bits per heavy atom. The van der Waals surface area contributed by atoms with Gasteiger partial charge in [-0.1, -0.05) is 65.8 Å². The van der Waals surface area contributed by atoms with Crippen LogP contribution in [0.25, 0.3) is 11.1 Å². The summed E-state index contributed by atoms with van der Waals surface area (Å²) >= 11 is 0. The van der Waals surface area contributed by atoms with Gasteiger partial charge in [-0.05, 0) is 63.3 Å². The highest BCUT2D eigenvalue weighted by Crippen LogP contribution is 2.62. The molecule has 4 atom stereocenters. The van der Waals surface area contributed by atoms with Crippen LogP contribution in [0.15, 0.2) is 36.4 Å². The SMILES string of the molecule is C[C@@H]1Oc2cccc(-c3cccc4c3[P@](C(C)(C)C)[C@H](C)O4)c2[P@]1C(C)(C)C. The molecule has 0 saturated carbocycles. The monoisotopic (exact) mass is 414 g/mol. The summed E-state index contributed by atoms with van der Waals surface area (Å²) in [5.74, 6) is 2.66. The lowest BCUT2D eigenvalue weighted by molar-refractivity contribution is 0.312. The van der Waals surface area contributed by atoms with E-state index in [-0.39, 0.29) is 22.0 Å². The van der Waals surface area contributed by atoms with E-state index in [1.807, 2.05) is 0 Å². The molecule has 4 heteroatoms. The van der Waals surface area contributed by atoms with Gasteiger partial charge in [0.1, 0.15) is 23.2 Å². The Morgan fingerprint density at radius 3 is 1.32 bits per heavy atom. The topological polar surface area (TPSA) is 18.5 Å². The van der Waals surface area contributed by atoms with E-state index in [2.05, 4.69) is 91.8 Å². The summed E-state index contributed by atoms with van der Waals surface area (Å²) in [5.41, 5.74) is 2.71. The summed E-state index contributed by atoms with van der Waals surface area (Å²) in [6.07, 6.45) is 0. The summed E-state index contributed by atoms with van der Waals surface area (Å²) in [6, 6.07) is 13.2. The molecule has 0 aliphatic carbocycles. The standard InChI is InChI=1S/C24H32O2P2/c1-15-25-19-13-9-11-17(21(19)27(15)23(3,4)5)18-12-10-14-20-22(18)28(16(2)26-20)24(6,7)8/h9-16H,1-8H3/t15-,16-,27-,28-/m1/s1. The zero-order valence-corrected chi connectivity index (χ0v) is 20.1. The van der Waals surface area contributed by atoms with Crippen molar-refractivity contribution >= 4 is 26.5 Å². The molecule has 0 unspecified atom stereocenters. The van der Waals surface area contributed by atoms with E-state index in [4.69, 9.17) is 9.47 Å². The Balaban J connectivity index is 1.96. The predicted octanol–water partition coefficient (Wildman–Crippen LogP) is 6.64. The largest absolute Gasteiger partial charge is 0.485 e. The molecule has 0 aromatic heterocycles. The lowest BCUT2D eigenvalue weighted by atomic mass is 10.0. The summed E-state index contributed by atoms with van der Waals surface area (Å²) in [7, 11) is -0.847. The molecule has 0 spiro atoms. The minimum atomic E-state index is -0.424. The van der Waals surface area contributed by atoms with Crippen LogP contribution in [-0.4, -0.2) is 22.0 Å². The van der Waals surface area contributed by atoms with Gasteiger partial charge >= 0.3 is 0 Å². The predicted molar refractivity (Wildman–Crippen MR) is 125 cm³/mol. The van der Waals surface area contributed by atoms with Crippen LogP contribution in [0, 0.1) is 0 Å². The lowest BCUT2D eigenvalue weighted by Crippen LogP contribution is -2.25. The first-order chi connectivity index (χ1) is 13.0. The van der Waals surface area contributed by atoms with Crippen molar-refractivity contribution in [1.82, 2.24) is 0 Å². The van der Waals surface area contributed by atoms with Crippen LogP contribution < -0.4 is 20.1 Å². The van der Waals surface area contributed by atoms with E-state index in [1.165, 1.54) is 21.7 Å². The maximum absolute atomic E-state index is 6.35. The zero-order valence-electron chi connectivity index (χ0n) is 18.3. The molecule has 0 radical (unpaired) electrons. The van der Waals surface area contributed by atoms with Crippen molar-refractivity contribution in [2.45, 2.75) is 77.4 Å². The van der Waals surface area contributed by atoms with Gasteiger partial charge in [0.25, 0.3) is 0 Å². The molecular weight excluding hydrogens is 382 g/mol. The summed E-state index contributed by atoms with van der Waals surface area (Å²) in [5, 5.41) is 3.28. The summed E-state index contributed by atoms with van der Waals surface area (Å²) in [4.78, 5) is 0. The number of hydrogen-bond acceptors (Lipinski definition) is 2. The maximum atomic E-state index is 6.35. The van der Waals surface area contributed by atoms with Gasteiger partial charge in [-0.2, -0.15) is 0 Å². The molecule has 2 aromatic carbocycles. The highest BCUT2D eigenvalue weighted by atomic mass is 31.1. The Morgan fingerprint density at radius 1 is 0.643 bits per heavy atom. The molecule has 2 aromatic rings. The molecule has 0 bridgehead atoms. The van der Waals surface area contributed by atoms with Gasteiger partial charge in [-0.25, -0.2) is 0 Å². The third-order valence-electron chi connectivity index (χ3n) is 5.54. The second-order valence-corrected chi connectivity index (χ2v) is 16.3. The Hall–Kier alpha value is -1.10. The van der Waals surface area contributed by atoms with Crippen molar-refractivity contribution in [3.8, 4) is 22.6 Å². The minimum absolute atomic E-state index is 0.201. The smallest absolute Gasteiger partial charge is 0.128 e. The molecule has 0 N–H and O–H groups in total. The fourth-order valence-electron chi connectivity index (χ4n) is 4.76. The van der Waals surface area contributed by atoms with Gasteiger partial charge < -0.3 is 9.47 Å². The second-order valence-electron chi connectivity index (χ2n) is 9.82. The van der Waals surface area contributed by atoms with E-state index in [1.54, 1.807) is 0 Å². The van der Waals surface area contributed by atoms with Crippen LogP contribution in [0.5, 0.6) is 11.5 Å². The van der Waals surface area contributed by atoms with Crippen molar-refractivity contribution in [3.05, 3.63) is 36.4 Å². The first-order valence-electron chi connectivity index (χ1n) is 10.2. The van der Waals surface area contributed by atoms with Gasteiger partial charge in [0, 0.05) is 10.6 Å². The molecule has 4 rings (SSSR count). The van der Waals surface area contributed by atoms with Crippen molar-refractivity contribution < 1.29 is 9.47 Å². The van der Waals surface area contributed by atoms with E-state index in [9.17, 15) is 0 Å². The summed E-state index contributed by atoms with van der Waals surface area (Å²) < 4.78 is 12.7. The average Bonchev–Trinajstić information content (AvgIpc) is 3.08. The van der Waals surface area contributed by atoms with Crippen LogP contribution in [-0.2, 0) is 0 Å². The Labute approximate surface area is 172 Å². The van der Waals surface area contributed by atoms with Crippen molar-refractivity contribution in [1.29, 1.82) is 0 Å². The van der Waals surface area contributed by atoms with Gasteiger partial charge in [-0.3, -0.25) is 0 Å². The third kappa shape index (κ3) is 3.18. The number of hydrogen-bond donors (Lipinski definition) is 0. The maximum Gasteiger partial charge on any atom is 0.128 e. The van der Waals surface area contributed by atoms with Gasteiger partial charge in [0.2, 0.25) is 0 Å². The van der Waals surface area contributed by atoms with Crippen LogP contribution >= 0.6 is 15.8 Å². The second kappa shape index (κ2) is 6.72. The molecule has 2 aliphatic rings. The quantitative estimate of drug-likeness (QED) is 0.487. The number of benzene rings is 2. The molecule has 2 aliphatic heterocycles. The van der Waals surface area contributed by atoms with Crippen molar-refractivity contribution in [3.63, 3.8) is 0 Å². The van der Waals surface area contributed by atoms with E-state index >= 15 is 0 Å². The van der Waals surface area contributed by atoms with Gasteiger partial charge in [-0.15, -0.1) is 0 Å². The Kier molecular flexibility index (Phi) is 4.84. The molecule has 0 fully saturated rings. The van der Waals surface area contributed by atoms with E-state index < -0.39 is 15.8 Å². The van der Waals surface area contributed by atoms with Crippen LogP contribution in [0.2, 0.25) is 0 Å². The normalized spacial score (nSPS) is 26.4.